The number of anilines is 1. The molecule has 3 atom stereocenters. The van der Waals surface area contributed by atoms with Gasteiger partial charge in [-0.15, -0.1) is 0 Å². The van der Waals surface area contributed by atoms with E-state index in [9.17, 15) is 14.0 Å². The number of amides is 2. The van der Waals surface area contributed by atoms with Crippen molar-refractivity contribution in [2.24, 2.45) is 0 Å². The van der Waals surface area contributed by atoms with Crippen LogP contribution in [0.3, 0.4) is 0 Å². The van der Waals surface area contributed by atoms with Crippen LogP contribution in [0.2, 0.25) is 0 Å². The molecule has 3 aliphatic rings. The largest absolute Gasteiger partial charge is 0.493 e. The van der Waals surface area contributed by atoms with Crippen LogP contribution in [0.5, 0.6) is 11.5 Å². The lowest BCUT2D eigenvalue weighted by Gasteiger charge is -2.41. The van der Waals surface area contributed by atoms with Gasteiger partial charge in [0.1, 0.15) is 20.6 Å². The molecular weight excluding hydrogens is 529 g/mol. The van der Waals surface area contributed by atoms with Crippen LogP contribution in [-0.4, -0.2) is 58.5 Å². The molecule has 3 aliphatic heterocycles. The molecule has 0 aliphatic carbocycles. The number of likely N-dealkylation sites (N-methyl/N-ethyl adjacent to an activating group) is 1. The molecule has 1 N–H and O–H groups in total. The third-order valence-corrected chi connectivity index (χ3v) is 9.68. The van der Waals surface area contributed by atoms with Crippen molar-refractivity contribution in [2.45, 2.75) is 22.7 Å². The highest BCUT2D eigenvalue weighted by atomic mass is 32.2. The van der Waals surface area contributed by atoms with Gasteiger partial charge in [-0.25, -0.2) is 4.39 Å². The standard InChI is InChI=1S/C27H24FN3O5S2/c1-30-14-19(15-6-9-21(34-2)22(11-15)35-3)27(24(33)31(25(37)38-27)13-17-5-4-10-36-17)26(30)18-12-16(28)7-8-20(18)29-23(26)32/h4-12,19H,13-14H2,1-3H3,(H,29,32)/t19-,26+,27-/m0/s1. The summed E-state index contributed by atoms with van der Waals surface area (Å²) in [6, 6.07) is 13.1. The maximum atomic E-state index is 14.7. The van der Waals surface area contributed by atoms with Gasteiger partial charge in [-0.1, -0.05) is 30.0 Å². The van der Waals surface area contributed by atoms with E-state index in [1.54, 1.807) is 39.5 Å². The number of thiocarbonyl (C=S) groups is 1. The zero-order valence-corrected chi connectivity index (χ0v) is 22.5. The quantitative estimate of drug-likeness (QED) is 0.473. The summed E-state index contributed by atoms with van der Waals surface area (Å²) in [5.74, 6) is -0.141. The molecule has 2 spiro atoms. The summed E-state index contributed by atoms with van der Waals surface area (Å²) in [5.41, 5.74) is 0.134. The van der Waals surface area contributed by atoms with Crippen molar-refractivity contribution < 1.29 is 27.9 Å². The topological polar surface area (TPSA) is 84.3 Å². The Kier molecular flexibility index (Phi) is 5.78. The molecule has 2 amide bonds. The van der Waals surface area contributed by atoms with Crippen molar-refractivity contribution in [1.82, 2.24) is 9.80 Å². The van der Waals surface area contributed by atoms with E-state index in [2.05, 4.69) is 5.32 Å². The average molecular weight is 554 g/mol. The maximum Gasteiger partial charge on any atom is 0.251 e. The number of furan rings is 1. The minimum atomic E-state index is -1.52. The number of methoxy groups -OCH3 is 2. The van der Waals surface area contributed by atoms with Gasteiger partial charge in [0.15, 0.2) is 17.0 Å². The molecule has 2 aromatic carbocycles. The Hall–Kier alpha value is -3.41. The third-order valence-electron chi connectivity index (χ3n) is 7.74. The molecule has 0 bridgehead atoms. The van der Waals surface area contributed by atoms with Crippen LogP contribution in [-0.2, 0) is 21.7 Å². The molecule has 2 saturated heterocycles. The molecular formula is C27H24FN3O5S2. The van der Waals surface area contributed by atoms with E-state index >= 15 is 0 Å². The van der Waals surface area contributed by atoms with Crippen LogP contribution < -0.4 is 14.8 Å². The van der Waals surface area contributed by atoms with Gasteiger partial charge in [0, 0.05) is 23.7 Å². The van der Waals surface area contributed by atoms with E-state index < -0.39 is 27.9 Å². The van der Waals surface area contributed by atoms with Crippen LogP contribution in [0.1, 0.15) is 22.8 Å². The highest BCUT2D eigenvalue weighted by Crippen LogP contribution is 2.66. The molecule has 1 aromatic heterocycles. The minimum Gasteiger partial charge on any atom is -0.493 e. The zero-order valence-electron chi connectivity index (χ0n) is 20.8. The first kappa shape index (κ1) is 24.9. The van der Waals surface area contributed by atoms with Gasteiger partial charge in [0.05, 0.1) is 27.0 Å². The number of nitrogens with zero attached hydrogens (tertiary/aromatic N) is 2. The Labute approximate surface area is 228 Å². The molecule has 11 heteroatoms. The first-order valence-electron chi connectivity index (χ1n) is 11.9. The van der Waals surface area contributed by atoms with Gasteiger partial charge < -0.3 is 19.2 Å². The number of hydrogen-bond donors (Lipinski definition) is 1. The summed E-state index contributed by atoms with van der Waals surface area (Å²) < 4.78 is 30.1. The number of hydrogen-bond acceptors (Lipinski definition) is 8. The van der Waals surface area contributed by atoms with Crippen LogP contribution in [0, 0.1) is 5.82 Å². The number of nitrogens with one attached hydrogen (secondary N) is 1. The summed E-state index contributed by atoms with van der Waals surface area (Å²) in [6.45, 7) is 0.449. The molecule has 38 heavy (non-hydrogen) atoms. The van der Waals surface area contributed by atoms with Gasteiger partial charge in [0.2, 0.25) is 5.91 Å². The number of likely N-dealkylation sites (tertiary alicyclic amines) is 1. The van der Waals surface area contributed by atoms with E-state index in [1.165, 1.54) is 41.1 Å². The lowest BCUT2D eigenvalue weighted by molar-refractivity contribution is -0.138. The molecule has 2 fully saturated rings. The van der Waals surface area contributed by atoms with E-state index in [0.717, 1.165) is 5.56 Å². The minimum absolute atomic E-state index is 0.121. The van der Waals surface area contributed by atoms with Crippen LogP contribution in [0.25, 0.3) is 0 Å². The Morgan fingerprint density at radius 3 is 2.66 bits per heavy atom. The van der Waals surface area contributed by atoms with E-state index in [0.29, 0.717) is 39.4 Å². The number of carbonyl (C=O) groups excluding carboxylic acids is 2. The summed E-state index contributed by atoms with van der Waals surface area (Å²) in [7, 11) is 4.87. The number of thioether (sulfide) groups is 1. The molecule has 4 heterocycles. The molecule has 8 nitrogen and oxygen atoms in total. The molecule has 0 radical (unpaired) electrons. The van der Waals surface area contributed by atoms with Crippen LogP contribution in [0.15, 0.2) is 59.2 Å². The Balaban J connectivity index is 1.59. The maximum absolute atomic E-state index is 14.7. The van der Waals surface area contributed by atoms with Gasteiger partial charge >= 0.3 is 0 Å². The molecule has 3 aromatic rings. The molecule has 6 rings (SSSR count). The van der Waals surface area contributed by atoms with Gasteiger partial charge in [-0.3, -0.25) is 19.4 Å². The van der Waals surface area contributed by atoms with Crippen molar-refractivity contribution in [3.8, 4) is 11.5 Å². The SMILES string of the molecule is COc1ccc([C@@H]2CN(C)[C@]3(C(=O)Nc4ccc(F)cc43)[C@]23SC(=S)N(Cc2ccco2)C3=O)cc1OC. The summed E-state index contributed by atoms with van der Waals surface area (Å²) in [5, 5.41) is 2.91. The fourth-order valence-corrected chi connectivity index (χ4v) is 8.29. The predicted molar refractivity (Wildman–Crippen MR) is 144 cm³/mol. The van der Waals surface area contributed by atoms with Crippen molar-refractivity contribution >= 4 is 45.8 Å². The number of carbonyl (C=O) groups is 2. The van der Waals surface area contributed by atoms with Gasteiger partial charge in [-0.2, -0.15) is 0 Å². The van der Waals surface area contributed by atoms with Gasteiger partial charge in [0.25, 0.3) is 5.91 Å². The second-order valence-corrected chi connectivity index (χ2v) is 11.4. The fraction of sp³-hybridized carbons (Fsp3) is 0.296. The average Bonchev–Trinajstić information content (AvgIpc) is 3.64. The van der Waals surface area contributed by atoms with Crippen molar-refractivity contribution in [3.05, 3.63) is 77.5 Å². The van der Waals surface area contributed by atoms with Crippen molar-refractivity contribution in [3.63, 3.8) is 0 Å². The fourth-order valence-electron chi connectivity index (χ4n) is 6.16. The molecule has 196 valence electrons. The second kappa shape index (κ2) is 8.82. The third kappa shape index (κ3) is 3.15. The van der Waals surface area contributed by atoms with E-state index in [4.69, 9.17) is 26.1 Å². The highest BCUT2D eigenvalue weighted by molar-refractivity contribution is 8.25. The monoisotopic (exact) mass is 553 g/mol. The number of benzene rings is 2. The number of ether oxygens (including phenoxy) is 2. The molecule has 0 unspecified atom stereocenters. The summed E-state index contributed by atoms with van der Waals surface area (Å²) >= 11 is 6.95. The molecule has 0 saturated carbocycles. The van der Waals surface area contributed by atoms with Crippen LogP contribution in [0.4, 0.5) is 10.1 Å². The van der Waals surface area contributed by atoms with Crippen molar-refractivity contribution in [2.75, 3.05) is 33.1 Å². The summed E-state index contributed by atoms with van der Waals surface area (Å²) in [4.78, 5) is 32.1. The number of fused-ring (bicyclic) bond motifs is 3. The Morgan fingerprint density at radius 2 is 1.95 bits per heavy atom. The second-order valence-electron chi connectivity index (χ2n) is 9.48. The lowest BCUT2D eigenvalue weighted by Crippen LogP contribution is -2.61. The predicted octanol–water partition coefficient (Wildman–Crippen LogP) is 4.11. The lowest BCUT2D eigenvalue weighted by atomic mass is 9.72. The van der Waals surface area contributed by atoms with E-state index in [-0.39, 0.29) is 12.5 Å². The number of halogens is 1. The normalized spacial score (nSPS) is 26.5. The number of rotatable bonds is 5. The first-order valence-corrected chi connectivity index (χ1v) is 13.1. The van der Waals surface area contributed by atoms with Crippen LogP contribution >= 0.6 is 24.0 Å². The highest BCUT2D eigenvalue weighted by Gasteiger charge is 2.77. The van der Waals surface area contributed by atoms with Crippen molar-refractivity contribution in [1.29, 1.82) is 0 Å². The van der Waals surface area contributed by atoms with Gasteiger partial charge in [-0.05, 0) is 55.1 Å². The summed E-state index contributed by atoms with van der Waals surface area (Å²) in [6.07, 6.45) is 1.53. The smallest absolute Gasteiger partial charge is 0.251 e. The Morgan fingerprint density at radius 1 is 1.16 bits per heavy atom. The first-order chi connectivity index (χ1) is 18.3. The Bertz CT molecular complexity index is 1480. The zero-order chi connectivity index (χ0) is 26.8. The van der Waals surface area contributed by atoms with E-state index in [1.807, 2.05) is 17.0 Å².